The van der Waals surface area contributed by atoms with E-state index in [-0.39, 0.29) is 17.8 Å². The highest BCUT2D eigenvalue weighted by molar-refractivity contribution is 5.68. The van der Waals surface area contributed by atoms with Crippen LogP contribution in [-0.4, -0.2) is 29.3 Å². The summed E-state index contributed by atoms with van der Waals surface area (Å²) in [6.07, 6.45) is 4.79. The number of carboxylic acid groups (broad SMARTS) is 1. The third-order valence-corrected chi connectivity index (χ3v) is 7.17. The van der Waals surface area contributed by atoms with Crippen molar-refractivity contribution in [3.8, 4) is 22.8 Å². The van der Waals surface area contributed by atoms with Crippen LogP contribution in [-0.2, 0) is 23.1 Å². The number of rotatable bonds is 11. The summed E-state index contributed by atoms with van der Waals surface area (Å²) in [7, 11) is 0. The van der Waals surface area contributed by atoms with E-state index in [4.69, 9.17) is 19.6 Å². The SMILES string of the molecule is CCCc1cc(-c2cc(C)cc(C(C)(C)C)n2)ccc1OCCCOc1ccc2c(c1)CC[C@@H]2CC(=O)O. The normalized spacial score (nSPS) is 14.8. The molecule has 1 heterocycles. The first kappa shape index (κ1) is 27.7. The molecule has 0 fully saturated rings. The molecule has 4 rings (SSSR count). The Labute approximate surface area is 227 Å². The molecule has 0 bridgehead atoms. The number of carboxylic acids is 1. The quantitative estimate of drug-likeness (QED) is 0.266. The molecule has 5 heteroatoms. The van der Waals surface area contributed by atoms with E-state index in [0.29, 0.717) is 13.2 Å². The number of pyridine rings is 1. The van der Waals surface area contributed by atoms with Gasteiger partial charge in [0.1, 0.15) is 11.5 Å². The minimum Gasteiger partial charge on any atom is -0.493 e. The fourth-order valence-electron chi connectivity index (χ4n) is 5.17. The maximum Gasteiger partial charge on any atom is 0.303 e. The fourth-order valence-corrected chi connectivity index (χ4v) is 5.17. The van der Waals surface area contributed by atoms with E-state index in [9.17, 15) is 4.79 Å². The Kier molecular flexibility index (Phi) is 8.76. The topological polar surface area (TPSA) is 68.7 Å². The molecule has 2 aromatic carbocycles. The summed E-state index contributed by atoms with van der Waals surface area (Å²) in [5.41, 5.74) is 8.05. The molecule has 0 amide bonds. The minimum absolute atomic E-state index is 0.000704. The molecule has 0 saturated carbocycles. The van der Waals surface area contributed by atoms with Crippen LogP contribution in [0.1, 0.15) is 87.2 Å². The van der Waals surface area contributed by atoms with Gasteiger partial charge in [-0.3, -0.25) is 9.78 Å². The Morgan fingerprint density at radius 2 is 1.84 bits per heavy atom. The van der Waals surface area contributed by atoms with Crippen LogP contribution in [0, 0.1) is 6.92 Å². The number of benzene rings is 2. The molecule has 3 aromatic rings. The van der Waals surface area contributed by atoms with Crippen molar-refractivity contribution >= 4 is 5.97 Å². The van der Waals surface area contributed by atoms with Gasteiger partial charge in [0.2, 0.25) is 0 Å². The zero-order valence-electron chi connectivity index (χ0n) is 23.5. The zero-order valence-corrected chi connectivity index (χ0v) is 23.5. The van der Waals surface area contributed by atoms with Gasteiger partial charge in [0.25, 0.3) is 0 Å². The Morgan fingerprint density at radius 1 is 1.05 bits per heavy atom. The van der Waals surface area contributed by atoms with Crippen molar-refractivity contribution in [3.05, 3.63) is 76.5 Å². The lowest BCUT2D eigenvalue weighted by atomic mass is 9.90. The predicted molar refractivity (Wildman–Crippen MR) is 152 cm³/mol. The van der Waals surface area contributed by atoms with Gasteiger partial charge in [-0.25, -0.2) is 0 Å². The average Bonchev–Trinajstić information content (AvgIpc) is 3.25. The van der Waals surface area contributed by atoms with Gasteiger partial charge in [-0.2, -0.15) is 0 Å². The second-order valence-corrected chi connectivity index (χ2v) is 11.5. The highest BCUT2D eigenvalue weighted by Crippen LogP contribution is 2.37. The molecular weight excluding hydrogens is 474 g/mol. The Hall–Kier alpha value is -3.34. The second kappa shape index (κ2) is 12.0. The number of hydrogen-bond donors (Lipinski definition) is 1. The van der Waals surface area contributed by atoms with Crippen molar-refractivity contribution in [1.82, 2.24) is 4.98 Å². The van der Waals surface area contributed by atoms with E-state index in [1.807, 2.05) is 12.1 Å². The Morgan fingerprint density at radius 3 is 2.58 bits per heavy atom. The summed E-state index contributed by atoms with van der Waals surface area (Å²) in [4.78, 5) is 16.1. The summed E-state index contributed by atoms with van der Waals surface area (Å²) >= 11 is 0. The third kappa shape index (κ3) is 6.94. The van der Waals surface area contributed by atoms with Crippen LogP contribution in [0.3, 0.4) is 0 Å². The predicted octanol–water partition coefficient (Wildman–Crippen LogP) is 7.66. The first-order valence-corrected chi connectivity index (χ1v) is 13.9. The number of aliphatic carboxylic acids is 1. The standard InChI is InChI=1S/C33H41NO4/c1-6-8-26-19-25(29-17-22(2)18-31(34-29)33(3,4)5)11-14-30(26)38-16-7-15-37-27-12-13-28-23(20-27)9-10-24(28)21-32(35)36/h11-14,17-20,24H,6-10,15-16,21H2,1-5H3,(H,35,36)/t24-/m1/s1. The molecule has 5 nitrogen and oxygen atoms in total. The molecular formula is C33H41NO4. The third-order valence-electron chi connectivity index (χ3n) is 7.17. The number of hydrogen-bond acceptors (Lipinski definition) is 4. The van der Waals surface area contributed by atoms with E-state index in [1.165, 1.54) is 16.7 Å². The van der Waals surface area contributed by atoms with Crippen LogP contribution in [0.15, 0.2) is 48.5 Å². The van der Waals surface area contributed by atoms with Crippen molar-refractivity contribution in [3.63, 3.8) is 0 Å². The number of carbonyl (C=O) groups is 1. The van der Waals surface area contributed by atoms with Gasteiger partial charge in [0, 0.05) is 23.1 Å². The maximum atomic E-state index is 11.1. The van der Waals surface area contributed by atoms with Gasteiger partial charge >= 0.3 is 5.97 Å². The van der Waals surface area contributed by atoms with Gasteiger partial charge < -0.3 is 14.6 Å². The van der Waals surface area contributed by atoms with E-state index in [2.05, 4.69) is 71.0 Å². The van der Waals surface area contributed by atoms with Crippen molar-refractivity contribution in [2.45, 2.75) is 84.5 Å². The number of fused-ring (bicyclic) bond motifs is 1. The van der Waals surface area contributed by atoms with Crippen molar-refractivity contribution < 1.29 is 19.4 Å². The minimum atomic E-state index is -0.735. The van der Waals surface area contributed by atoms with Crippen LogP contribution in [0.5, 0.6) is 11.5 Å². The first-order valence-electron chi connectivity index (χ1n) is 13.9. The first-order chi connectivity index (χ1) is 18.1. The summed E-state index contributed by atoms with van der Waals surface area (Å²) in [6.45, 7) is 12.1. The van der Waals surface area contributed by atoms with Gasteiger partial charge in [-0.1, -0.05) is 40.2 Å². The summed E-state index contributed by atoms with van der Waals surface area (Å²) in [5.74, 6) is 1.16. The van der Waals surface area contributed by atoms with Gasteiger partial charge in [-0.05, 0) is 96.8 Å². The molecule has 0 aliphatic heterocycles. The lowest BCUT2D eigenvalue weighted by molar-refractivity contribution is -0.137. The maximum absolute atomic E-state index is 11.1. The monoisotopic (exact) mass is 515 g/mol. The number of aryl methyl sites for hydroxylation is 3. The number of ether oxygens (including phenoxy) is 2. The van der Waals surface area contributed by atoms with Crippen LogP contribution in [0.2, 0.25) is 0 Å². The van der Waals surface area contributed by atoms with E-state index in [1.54, 1.807) is 0 Å². The molecule has 202 valence electrons. The van der Waals surface area contributed by atoms with Crippen LogP contribution in [0.4, 0.5) is 0 Å². The number of aromatic nitrogens is 1. The van der Waals surface area contributed by atoms with Crippen LogP contribution < -0.4 is 9.47 Å². The van der Waals surface area contributed by atoms with Crippen molar-refractivity contribution in [2.75, 3.05) is 13.2 Å². The lowest BCUT2D eigenvalue weighted by Crippen LogP contribution is -2.14. The highest BCUT2D eigenvalue weighted by Gasteiger charge is 2.25. The van der Waals surface area contributed by atoms with E-state index >= 15 is 0 Å². The smallest absolute Gasteiger partial charge is 0.303 e. The van der Waals surface area contributed by atoms with Crippen LogP contribution >= 0.6 is 0 Å². The molecule has 0 radical (unpaired) electrons. The number of nitrogens with zero attached hydrogens (tertiary/aromatic N) is 1. The molecule has 0 saturated heterocycles. The molecule has 1 aliphatic rings. The van der Waals surface area contributed by atoms with E-state index in [0.717, 1.165) is 66.1 Å². The summed E-state index contributed by atoms with van der Waals surface area (Å²) < 4.78 is 12.2. The van der Waals surface area contributed by atoms with Gasteiger partial charge in [0.05, 0.1) is 25.3 Å². The fraction of sp³-hybridized carbons (Fsp3) is 0.455. The zero-order chi connectivity index (χ0) is 27.3. The molecule has 1 aromatic heterocycles. The highest BCUT2D eigenvalue weighted by atomic mass is 16.5. The Balaban J connectivity index is 1.34. The summed E-state index contributed by atoms with van der Waals surface area (Å²) in [6, 6.07) is 16.8. The second-order valence-electron chi connectivity index (χ2n) is 11.5. The van der Waals surface area contributed by atoms with Crippen LogP contribution in [0.25, 0.3) is 11.3 Å². The van der Waals surface area contributed by atoms with Gasteiger partial charge in [-0.15, -0.1) is 0 Å². The molecule has 38 heavy (non-hydrogen) atoms. The molecule has 0 spiro atoms. The Bertz CT molecular complexity index is 1270. The molecule has 1 aliphatic carbocycles. The van der Waals surface area contributed by atoms with E-state index < -0.39 is 5.97 Å². The molecule has 0 unspecified atom stereocenters. The van der Waals surface area contributed by atoms with Crippen molar-refractivity contribution in [2.24, 2.45) is 0 Å². The molecule has 1 N–H and O–H groups in total. The average molecular weight is 516 g/mol. The van der Waals surface area contributed by atoms with Gasteiger partial charge in [0.15, 0.2) is 0 Å². The van der Waals surface area contributed by atoms with Crippen molar-refractivity contribution in [1.29, 1.82) is 0 Å². The molecule has 1 atom stereocenters. The lowest BCUT2D eigenvalue weighted by Gasteiger charge is -2.20. The summed E-state index contributed by atoms with van der Waals surface area (Å²) in [5, 5.41) is 9.12. The largest absolute Gasteiger partial charge is 0.493 e.